The minimum absolute atomic E-state index is 0. The van der Waals surface area contributed by atoms with Crippen LogP contribution in [0.4, 0.5) is 0 Å². The zero-order valence-electron chi connectivity index (χ0n) is 5.15. The van der Waals surface area contributed by atoms with Crippen LogP contribution in [0.5, 0.6) is 0 Å². The van der Waals surface area contributed by atoms with Gasteiger partial charge in [0.05, 0.1) is 0 Å². The van der Waals surface area contributed by atoms with E-state index >= 15 is 0 Å². The van der Waals surface area contributed by atoms with Crippen LogP contribution in [0, 0.1) is 6.08 Å². The molecular formula is C7H9Y-. The molecule has 0 aromatic carbocycles. The first-order valence-electron chi connectivity index (χ1n) is 2.63. The molecule has 0 aromatic heterocycles. The first kappa shape index (κ1) is 8.58. The molecule has 1 aliphatic carbocycles. The van der Waals surface area contributed by atoms with E-state index in [1.54, 1.807) is 0 Å². The minimum Gasteiger partial charge on any atom is -0.255 e. The number of rotatable bonds is 0. The Hall–Kier alpha value is 0.584. The van der Waals surface area contributed by atoms with Gasteiger partial charge in [-0.2, -0.15) is 6.08 Å². The zero-order valence-corrected chi connectivity index (χ0v) is 7.98. The van der Waals surface area contributed by atoms with Crippen molar-refractivity contribution in [3.8, 4) is 0 Å². The Labute approximate surface area is 75.9 Å². The van der Waals surface area contributed by atoms with Crippen molar-refractivity contribution in [1.82, 2.24) is 0 Å². The molecule has 0 unspecified atom stereocenters. The summed E-state index contributed by atoms with van der Waals surface area (Å²) in [7, 11) is 0. The Balaban J connectivity index is 0.000000490. The molecule has 1 radical (unpaired) electrons. The summed E-state index contributed by atoms with van der Waals surface area (Å²) in [6.07, 6.45) is 9.58. The van der Waals surface area contributed by atoms with Crippen molar-refractivity contribution in [2.24, 2.45) is 0 Å². The van der Waals surface area contributed by atoms with Gasteiger partial charge in [-0.1, -0.05) is 12.8 Å². The van der Waals surface area contributed by atoms with Crippen LogP contribution in [-0.4, -0.2) is 0 Å². The molecule has 0 spiro atoms. The van der Waals surface area contributed by atoms with E-state index < -0.39 is 0 Å². The van der Waals surface area contributed by atoms with E-state index in [9.17, 15) is 0 Å². The summed E-state index contributed by atoms with van der Waals surface area (Å²) >= 11 is 0. The quantitative estimate of drug-likeness (QED) is 0.503. The molecule has 0 atom stereocenters. The Morgan fingerprint density at radius 3 is 2.62 bits per heavy atom. The van der Waals surface area contributed by atoms with Crippen molar-refractivity contribution in [2.75, 3.05) is 0 Å². The molecule has 0 nitrogen and oxygen atoms in total. The van der Waals surface area contributed by atoms with Crippen LogP contribution in [0.2, 0.25) is 0 Å². The van der Waals surface area contributed by atoms with E-state index in [0.717, 1.165) is 0 Å². The van der Waals surface area contributed by atoms with Crippen molar-refractivity contribution < 1.29 is 32.7 Å². The summed E-state index contributed by atoms with van der Waals surface area (Å²) in [5.74, 6) is 0. The van der Waals surface area contributed by atoms with Crippen molar-refractivity contribution in [2.45, 2.75) is 19.8 Å². The molecule has 0 aliphatic heterocycles. The molecule has 41 valence electrons. The zero-order chi connectivity index (χ0) is 5.11. The summed E-state index contributed by atoms with van der Waals surface area (Å²) in [4.78, 5) is 0. The second-order valence-electron chi connectivity index (χ2n) is 1.90. The molecular weight excluding hydrogens is 173 g/mol. The van der Waals surface area contributed by atoms with Gasteiger partial charge in [0.1, 0.15) is 0 Å². The molecule has 1 rings (SSSR count). The van der Waals surface area contributed by atoms with Gasteiger partial charge in [-0.3, -0.25) is 6.08 Å². The Kier molecular flexibility index (Phi) is 4.79. The van der Waals surface area contributed by atoms with E-state index in [1.807, 2.05) is 6.08 Å². The van der Waals surface area contributed by atoms with Gasteiger partial charge in [0.2, 0.25) is 0 Å². The predicted molar refractivity (Wildman–Crippen MR) is 30.8 cm³/mol. The second-order valence-corrected chi connectivity index (χ2v) is 1.90. The second kappa shape index (κ2) is 4.46. The van der Waals surface area contributed by atoms with Gasteiger partial charge >= 0.3 is 0 Å². The standard InChI is InChI=1S/C7H9.Y/c1-7-5-3-2-4-6-7;/h2,6H,3,5H2,1H3;/q-1;. The third-order valence-corrected chi connectivity index (χ3v) is 1.13. The summed E-state index contributed by atoms with van der Waals surface area (Å²) in [6, 6.07) is 0. The number of hydrogen-bond acceptors (Lipinski definition) is 0. The van der Waals surface area contributed by atoms with Crippen LogP contribution in [0.3, 0.4) is 0 Å². The molecule has 1 heteroatoms. The maximum absolute atomic E-state index is 3.05. The molecule has 0 bridgehead atoms. The Morgan fingerprint density at radius 2 is 2.38 bits per heavy atom. The van der Waals surface area contributed by atoms with Crippen molar-refractivity contribution in [1.29, 1.82) is 0 Å². The van der Waals surface area contributed by atoms with Gasteiger partial charge in [-0.05, 0) is 0 Å². The van der Waals surface area contributed by atoms with Crippen LogP contribution >= 0.6 is 0 Å². The fraction of sp³-hybridized carbons (Fsp3) is 0.429. The number of allylic oxidation sites excluding steroid dienone is 4. The molecule has 0 heterocycles. The van der Waals surface area contributed by atoms with E-state index in [-0.39, 0.29) is 32.7 Å². The largest absolute Gasteiger partial charge is 0.255 e. The predicted octanol–water partition coefficient (Wildman–Crippen LogP) is 2.08. The minimum atomic E-state index is 0. The molecule has 0 fully saturated rings. The van der Waals surface area contributed by atoms with E-state index in [2.05, 4.69) is 19.1 Å². The smallest absolute Gasteiger partial charge is 0 e. The topological polar surface area (TPSA) is 0 Å². The number of hydrogen-bond donors (Lipinski definition) is 0. The van der Waals surface area contributed by atoms with E-state index in [0.29, 0.717) is 0 Å². The van der Waals surface area contributed by atoms with Crippen LogP contribution in [0.25, 0.3) is 0 Å². The van der Waals surface area contributed by atoms with Gasteiger partial charge in [-0.15, -0.1) is 6.92 Å². The van der Waals surface area contributed by atoms with Crippen LogP contribution in [-0.2, 0) is 32.7 Å². The SMILES string of the molecule is CC1=C[C-]=CCC1.[Y]. The van der Waals surface area contributed by atoms with Gasteiger partial charge in [-0.25, -0.2) is 11.6 Å². The van der Waals surface area contributed by atoms with Crippen LogP contribution in [0.15, 0.2) is 17.7 Å². The van der Waals surface area contributed by atoms with Gasteiger partial charge < -0.3 is 0 Å². The molecule has 0 aromatic rings. The fourth-order valence-corrected chi connectivity index (χ4v) is 0.657. The molecule has 0 saturated carbocycles. The molecule has 0 amide bonds. The summed E-state index contributed by atoms with van der Waals surface area (Å²) in [5, 5.41) is 0. The maximum atomic E-state index is 3.05. The van der Waals surface area contributed by atoms with Crippen molar-refractivity contribution in [3.05, 3.63) is 23.8 Å². The third kappa shape index (κ3) is 2.79. The third-order valence-electron chi connectivity index (χ3n) is 1.13. The Morgan fingerprint density at radius 1 is 1.62 bits per heavy atom. The van der Waals surface area contributed by atoms with Crippen LogP contribution in [0.1, 0.15) is 19.8 Å². The molecule has 0 saturated heterocycles. The average Bonchev–Trinajstić information content (AvgIpc) is 1.69. The Bertz CT molecular complexity index is 112. The summed E-state index contributed by atoms with van der Waals surface area (Å²) in [6.45, 7) is 2.14. The molecule has 0 N–H and O–H groups in total. The monoisotopic (exact) mass is 182 g/mol. The first-order chi connectivity index (χ1) is 3.39. The van der Waals surface area contributed by atoms with E-state index in [4.69, 9.17) is 0 Å². The molecule has 1 aliphatic rings. The van der Waals surface area contributed by atoms with E-state index in [1.165, 1.54) is 18.4 Å². The van der Waals surface area contributed by atoms with Gasteiger partial charge in [0, 0.05) is 32.7 Å². The summed E-state index contributed by atoms with van der Waals surface area (Å²) in [5.41, 5.74) is 1.45. The summed E-state index contributed by atoms with van der Waals surface area (Å²) < 4.78 is 0. The normalized spacial score (nSPS) is 16.9. The van der Waals surface area contributed by atoms with Crippen molar-refractivity contribution in [3.63, 3.8) is 0 Å². The maximum Gasteiger partial charge on any atom is 0 e. The molecule has 8 heavy (non-hydrogen) atoms. The van der Waals surface area contributed by atoms with Crippen LogP contribution < -0.4 is 0 Å². The van der Waals surface area contributed by atoms with Gasteiger partial charge in [0.25, 0.3) is 0 Å². The first-order valence-corrected chi connectivity index (χ1v) is 2.63. The van der Waals surface area contributed by atoms with Gasteiger partial charge in [0.15, 0.2) is 0 Å². The fourth-order valence-electron chi connectivity index (χ4n) is 0.657. The van der Waals surface area contributed by atoms with Crippen molar-refractivity contribution >= 4 is 0 Å². The average molecular weight is 182 g/mol.